The molecule has 0 saturated heterocycles. The Morgan fingerprint density at radius 3 is 2.60 bits per heavy atom. The zero-order chi connectivity index (χ0) is 20.7. The van der Waals surface area contributed by atoms with E-state index in [1.165, 1.54) is 0 Å². The molecule has 1 N–H and O–H groups in total. The molecule has 5 rings (SSSR count). The number of rotatable bonds is 3. The zero-order valence-electron chi connectivity index (χ0n) is 16.9. The average Bonchev–Trinajstić information content (AvgIpc) is 3.20. The molecule has 2 aromatic heterocycles. The van der Waals surface area contributed by atoms with Crippen molar-refractivity contribution in [1.82, 2.24) is 9.38 Å². The van der Waals surface area contributed by atoms with Crippen molar-refractivity contribution in [3.8, 4) is 11.3 Å². The summed E-state index contributed by atoms with van der Waals surface area (Å²) in [6.07, 6.45) is 4.01. The Morgan fingerprint density at radius 2 is 1.73 bits per heavy atom. The maximum atomic E-state index is 13.1. The molecule has 30 heavy (non-hydrogen) atoms. The molecule has 0 radical (unpaired) electrons. The molecule has 1 amide bonds. The van der Waals surface area contributed by atoms with Gasteiger partial charge < -0.3 is 9.72 Å². The van der Waals surface area contributed by atoms with Crippen molar-refractivity contribution >= 4 is 28.0 Å². The Kier molecular flexibility index (Phi) is 4.32. The van der Waals surface area contributed by atoms with Crippen molar-refractivity contribution < 1.29 is 4.79 Å². The molecule has 0 spiro atoms. The van der Waals surface area contributed by atoms with E-state index in [9.17, 15) is 4.79 Å². The van der Waals surface area contributed by atoms with Gasteiger partial charge in [-0.1, -0.05) is 54.6 Å². The quantitative estimate of drug-likeness (QED) is 0.408. The fourth-order valence-electron chi connectivity index (χ4n) is 3.82. The van der Waals surface area contributed by atoms with Crippen molar-refractivity contribution in [2.24, 2.45) is 0 Å². The molecular weight excluding hydrogens is 370 g/mol. The molecule has 0 atom stereocenters. The van der Waals surface area contributed by atoms with Gasteiger partial charge in [-0.2, -0.15) is 0 Å². The van der Waals surface area contributed by atoms with Crippen LogP contribution in [0, 0.1) is 13.8 Å². The lowest BCUT2D eigenvalue weighted by Gasteiger charge is -2.11. The summed E-state index contributed by atoms with van der Waals surface area (Å²) in [6.45, 7) is 4.05. The highest BCUT2D eigenvalue weighted by atomic mass is 16.1. The number of amides is 1. The minimum atomic E-state index is -0.113. The molecule has 5 aromatic rings. The van der Waals surface area contributed by atoms with Crippen molar-refractivity contribution in [3.05, 3.63) is 102 Å². The first-order chi connectivity index (χ1) is 14.6. The number of aromatic nitrogens is 2. The predicted molar refractivity (Wildman–Crippen MR) is 122 cm³/mol. The van der Waals surface area contributed by atoms with Crippen LogP contribution in [0.15, 0.2) is 85.2 Å². The van der Waals surface area contributed by atoms with Crippen LogP contribution >= 0.6 is 0 Å². The lowest BCUT2D eigenvalue weighted by Crippen LogP contribution is -2.13. The first-order valence-electron chi connectivity index (χ1n) is 9.94. The number of nitrogens with one attached hydrogen (secondary N) is 1. The minimum Gasteiger partial charge on any atom is -0.322 e. The molecule has 0 aliphatic heterocycles. The molecule has 0 aliphatic rings. The topological polar surface area (TPSA) is 46.4 Å². The Labute approximate surface area is 174 Å². The highest BCUT2D eigenvalue weighted by Crippen LogP contribution is 2.27. The second-order valence-electron chi connectivity index (χ2n) is 7.56. The molecule has 2 heterocycles. The van der Waals surface area contributed by atoms with Gasteiger partial charge in [-0.3, -0.25) is 4.79 Å². The van der Waals surface area contributed by atoms with Gasteiger partial charge in [0.1, 0.15) is 5.65 Å². The average molecular weight is 391 g/mol. The Balaban J connectivity index is 1.52. The van der Waals surface area contributed by atoms with Crippen molar-refractivity contribution in [2.75, 3.05) is 5.32 Å². The summed E-state index contributed by atoms with van der Waals surface area (Å²) in [5, 5.41) is 5.10. The van der Waals surface area contributed by atoms with Crippen LogP contribution in [0.25, 0.3) is 27.7 Å². The summed E-state index contributed by atoms with van der Waals surface area (Å²) < 4.78 is 2.03. The molecular formula is C26H21N3O. The number of anilines is 1. The SMILES string of the molecule is Cc1ccc(-c2cn3cccc(C)c3n2)cc1NC(=O)c1cccc2ccccc12. The second-order valence-corrected chi connectivity index (χ2v) is 7.56. The minimum absolute atomic E-state index is 0.113. The van der Waals surface area contributed by atoms with E-state index in [-0.39, 0.29) is 5.91 Å². The molecule has 0 bridgehead atoms. The van der Waals surface area contributed by atoms with Gasteiger partial charge in [0.2, 0.25) is 0 Å². The summed E-state index contributed by atoms with van der Waals surface area (Å²) in [5.74, 6) is -0.113. The normalized spacial score (nSPS) is 11.1. The van der Waals surface area contributed by atoms with Crippen LogP contribution in [0.2, 0.25) is 0 Å². The van der Waals surface area contributed by atoms with Crippen molar-refractivity contribution in [3.63, 3.8) is 0 Å². The van der Waals surface area contributed by atoms with E-state index in [0.29, 0.717) is 5.56 Å². The largest absolute Gasteiger partial charge is 0.322 e. The predicted octanol–water partition coefficient (Wildman–Crippen LogP) is 6.02. The number of aryl methyl sites for hydroxylation is 2. The number of benzene rings is 3. The maximum absolute atomic E-state index is 13.1. The van der Waals surface area contributed by atoms with E-state index in [4.69, 9.17) is 4.98 Å². The van der Waals surface area contributed by atoms with Crippen LogP contribution < -0.4 is 5.32 Å². The van der Waals surface area contributed by atoms with E-state index < -0.39 is 0 Å². The third-order valence-electron chi connectivity index (χ3n) is 5.49. The van der Waals surface area contributed by atoms with Gasteiger partial charge in [-0.25, -0.2) is 4.98 Å². The van der Waals surface area contributed by atoms with E-state index in [0.717, 1.165) is 44.5 Å². The van der Waals surface area contributed by atoms with E-state index in [1.807, 2.05) is 90.4 Å². The molecule has 3 aromatic carbocycles. The van der Waals surface area contributed by atoms with Gasteiger partial charge in [-0.15, -0.1) is 0 Å². The fraction of sp³-hybridized carbons (Fsp3) is 0.0769. The van der Waals surface area contributed by atoms with Crippen LogP contribution in [-0.2, 0) is 0 Å². The molecule has 146 valence electrons. The number of hydrogen-bond acceptors (Lipinski definition) is 2. The van der Waals surface area contributed by atoms with E-state index in [2.05, 4.69) is 18.3 Å². The Hall–Kier alpha value is -3.92. The first kappa shape index (κ1) is 18.1. The standard InChI is InChI=1S/C26H21N3O/c1-17-12-13-20(24-16-29-14-6-7-18(2)25(29)27-24)15-23(17)28-26(30)22-11-5-9-19-8-3-4-10-21(19)22/h3-16H,1-2H3,(H,28,30). The van der Waals surface area contributed by atoms with Gasteiger partial charge in [0.15, 0.2) is 0 Å². The van der Waals surface area contributed by atoms with E-state index >= 15 is 0 Å². The highest BCUT2D eigenvalue weighted by molar-refractivity contribution is 6.13. The lowest BCUT2D eigenvalue weighted by atomic mass is 10.0. The maximum Gasteiger partial charge on any atom is 0.256 e. The second kappa shape index (κ2) is 7.16. The molecule has 0 aliphatic carbocycles. The van der Waals surface area contributed by atoms with Crippen LogP contribution in [0.3, 0.4) is 0 Å². The molecule has 4 heteroatoms. The fourth-order valence-corrected chi connectivity index (χ4v) is 3.82. The summed E-state index contributed by atoms with van der Waals surface area (Å²) in [7, 11) is 0. The first-order valence-corrected chi connectivity index (χ1v) is 9.94. The molecule has 0 unspecified atom stereocenters. The zero-order valence-corrected chi connectivity index (χ0v) is 16.9. The van der Waals surface area contributed by atoms with Crippen molar-refractivity contribution in [2.45, 2.75) is 13.8 Å². The molecule has 4 nitrogen and oxygen atoms in total. The molecule has 0 fully saturated rings. The van der Waals surface area contributed by atoms with Crippen LogP contribution in [0.4, 0.5) is 5.69 Å². The summed E-state index contributed by atoms with van der Waals surface area (Å²) in [5.41, 5.74) is 6.38. The number of fused-ring (bicyclic) bond motifs is 2. The van der Waals surface area contributed by atoms with Crippen LogP contribution in [0.1, 0.15) is 21.5 Å². The summed E-state index contributed by atoms with van der Waals surface area (Å²) in [4.78, 5) is 17.9. The van der Waals surface area contributed by atoms with Gasteiger partial charge in [0, 0.05) is 29.2 Å². The monoisotopic (exact) mass is 391 g/mol. The number of hydrogen-bond donors (Lipinski definition) is 1. The van der Waals surface area contributed by atoms with Crippen LogP contribution in [0.5, 0.6) is 0 Å². The lowest BCUT2D eigenvalue weighted by molar-refractivity contribution is 0.102. The Morgan fingerprint density at radius 1 is 0.900 bits per heavy atom. The van der Waals surface area contributed by atoms with Gasteiger partial charge in [-0.05, 0) is 53.9 Å². The smallest absolute Gasteiger partial charge is 0.256 e. The van der Waals surface area contributed by atoms with Gasteiger partial charge in [0.05, 0.1) is 5.69 Å². The number of nitrogens with zero attached hydrogens (tertiary/aromatic N) is 2. The highest BCUT2D eigenvalue weighted by Gasteiger charge is 2.13. The summed E-state index contributed by atoms with van der Waals surface area (Å²) >= 11 is 0. The van der Waals surface area contributed by atoms with Crippen molar-refractivity contribution in [1.29, 1.82) is 0 Å². The third kappa shape index (κ3) is 3.12. The number of carbonyl (C=O) groups is 1. The number of carbonyl (C=O) groups excluding carboxylic acids is 1. The van der Waals surface area contributed by atoms with E-state index in [1.54, 1.807) is 0 Å². The molecule has 0 saturated carbocycles. The van der Waals surface area contributed by atoms with Gasteiger partial charge >= 0.3 is 0 Å². The summed E-state index contributed by atoms with van der Waals surface area (Å²) in [6, 6.07) is 23.8. The number of imidazole rings is 1. The number of pyridine rings is 1. The Bertz CT molecular complexity index is 1410. The third-order valence-corrected chi connectivity index (χ3v) is 5.49. The van der Waals surface area contributed by atoms with Gasteiger partial charge in [0.25, 0.3) is 5.91 Å². The van der Waals surface area contributed by atoms with Crippen LogP contribution in [-0.4, -0.2) is 15.3 Å².